The minimum atomic E-state index is -0.377. The zero-order chi connectivity index (χ0) is 30.2. The summed E-state index contributed by atoms with van der Waals surface area (Å²) in [6.07, 6.45) is 1.50. The first kappa shape index (κ1) is 29.1. The number of hydrogen-bond donors (Lipinski definition) is 4. The van der Waals surface area contributed by atoms with Crippen LogP contribution in [0.1, 0.15) is 48.9 Å². The number of phenols is 4. The number of epoxide rings is 2. The first-order valence-electron chi connectivity index (χ1n) is 14.7. The molecular weight excluding hydrogens is 544 g/mol. The van der Waals surface area contributed by atoms with Gasteiger partial charge in [0.1, 0.15) is 35.2 Å². The van der Waals surface area contributed by atoms with Gasteiger partial charge in [0.2, 0.25) is 0 Å². The average Bonchev–Trinajstić information content (AvgIpc) is 3.92. The number of benzene rings is 4. The van der Waals surface area contributed by atoms with Crippen molar-refractivity contribution in [2.75, 3.05) is 13.2 Å². The molecule has 2 fully saturated rings. The lowest BCUT2D eigenvalue weighted by Crippen LogP contribution is -2.27. The van der Waals surface area contributed by atoms with Crippen molar-refractivity contribution in [2.45, 2.75) is 61.9 Å². The summed E-state index contributed by atoms with van der Waals surface area (Å²) in [5.41, 5.74) is 3.49. The van der Waals surface area contributed by atoms with Gasteiger partial charge >= 0.3 is 0 Å². The second-order valence-corrected chi connectivity index (χ2v) is 12.2. The molecule has 0 aromatic heterocycles. The Bertz CT molecular complexity index is 1310. The maximum atomic E-state index is 9.83. The fraction of sp³-hybridized carbons (Fsp3) is 0.333. The molecule has 4 aromatic carbocycles. The van der Waals surface area contributed by atoms with Crippen LogP contribution in [0.5, 0.6) is 23.0 Å². The summed E-state index contributed by atoms with van der Waals surface area (Å²) >= 11 is 0. The predicted molar refractivity (Wildman–Crippen MR) is 163 cm³/mol. The van der Waals surface area contributed by atoms with E-state index in [1.165, 1.54) is 0 Å². The lowest BCUT2D eigenvalue weighted by Gasteiger charge is -2.31. The van der Waals surface area contributed by atoms with E-state index < -0.39 is 0 Å². The Kier molecular flexibility index (Phi) is 7.81. The molecule has 6 rings (SSSR count). The van der Waals surface area contributed by atoms with E-state index in [1.54, 1.807) is 48.5 Å². The van der Waals surface area contributed by atoms with E-state index in [4.69, 9.17) is 14.2 Å². The van der Waals surface area contributed by atoms with E-state index in [-0.39, 0.29) is 58.2 Å². The number of ether oxygens (including phenoxy) is 3. The maximum absolute atomic E-state index is 9.83. The number of hydrogen-bond acceptors (Lipinski definition) is 7. The number of aromatic hydroxyl groups is 4. The van der Waals surface area contributed by atoms with Gasteiger partial charge in [-0.15, -0.1) is 0 Å². The molecule has 7 heteroatoms. The third-order valence-corrected chi connectivity index (χ3v) is 9.18. The van der Waals surface area contributed by atoms with Crippen molar-refractivity contribution in [1.29, 1.82) is 0 Å². The molecule has 0 saturated carbocycles. The largest absolute Gasteiger partial charge is 0.508 e. The van der Waals surface area contributed by atoms with Crippen LogP contribution in [-0.2, 0) is 25.0 Å². The topological polar surface area (TPSA) is 115 Å². The van der Waals surface area contributed by atoms with Crippen LogP contribution in [0.2, 0.25) is 0 Å². The maximum Gasteiger partial charge on any atom is 0.115 e. The van der Waals surface area contributed by atoms with Crippen molar-refractivity contribution in [3.05, 3.63) is 119 Å². The van der Waals surface area contributed by atoms with Crippen LogP contribution >= 0.6 is 0 Å². The quantitative estimate of drug-likeness (QED) is 0.148. The van der Waals surface area contributed by atoms with Crippen molar-refractivity contribution < 1.29 is 34.6 Å². The predicted octanol–water partition coefficient (Wildman–Crippen LogP) is 6.15. The lowest BCUT2D eigenvalue weighted by atomic mass is 9.72. The average molecular weight is 583 g/mol. The summed E-state index contributed by atoms with van der Waals surface area (Å²) in [5.74, 6) is 0.881. The molecule has 7 nitrogen and oxygen atoms in total. The van der Waals surface area contributed by atoms with Crippen LogP contribution in [0.15, 0.2) is 97.1 Å². The van der Waals surface area contributed by atoms with Gasteiger partial charge in [0.15, 0.2) is 0 Å². The second-order valence-electron chi connectivity index (χ2n) is 12.2. The first-order valence-corrected chi connectivity index (χ1v) is 14.7. The smallest absolute Gasteiger partial charge is 0.115 e. The molecule has 0 aliphatic carbocycles. The van der Waals surface area contributed by atoms with Gasteiger partial charge in [-0.3, -0.25) is 0 Å². The van der Waals surface area contributed by atoms with Crippen molar-refractivity contribution in [2.24, 2.45) is 0 Å². The Balaban J connectivity index is 1.05. The molecule has 4 N–H and O–H groups in total. The Morgan fingerprint density at radius 2 is 0.721 bits per heavy atom. The molecule has 0 spiro atoms. The highest BCUT2D eigenvalue weighted by Crippen LogP contribution is 2.44. The molecule has 0 amide bonds. The zero-order valence-electron chi connectivity index (χ0n) is 24.4. The monoisotopic (exact) mass is 582 g/mol. The van der Waals surface area contributed by atoms with Crippen LogP contribution in [0, 0.1) is 0 Å². The van der Waals surface area contributed by atoms with E-state index >= 15 is 0 Å². The van der Waals surface area contributed by atoms with Gasteiger partial charge in [0.05, 0.1) is 25.4 Å². The highest BCUT2D eigenvalue weighted by molar-refractivity contribution is 5.44. The van der Waals surface area contributed by atoms with Crippen LogP contribution in [0.25, 0.3) is 0 Å². The van der Waals surface area contributed by atoms with Gasteiger partial charge in [-0.1, -0.05) is 62.4 Å². The molecule has 2 aliphatic heterocycles. The minimum Gasteiger partial charge on any atom is -0.508 e. The molecule has 0 bridgehead atoms. The van der Waals surface area contributed by atoms with E-state index in [1.807, 2.05) is 48.5 Å². The van der Waals surface area contributed by atoms with Crippen LogP contribution in [0.4, 0.5) is 0 Å². The van der Waals surface area contributed by atoms with E-state index in [2.05, 4.69) is 13.8 Å². The standard InChI is InChI=1S/C36H38O7/c1-35(23-3-11-27(37)12-4-23,24-5-13-28(38)14-6-24)19-31-33(42-31)21-41-22-34-32(43-34)20-36(2,25-7-15-29(39)16-8-25)26-9-17-30(40)18-10-26/h3-18,31-34,37-40H,19-22H2,1-2H3. The highest BCUT2D eigenvalue weighted by Gasteiger charge is 2.47. The molecule has 0 radical (unpaired) electrons. The highest BCUT2D eigenvalue weighted by atomic mass is 16.6. The lowest BCUT2D eigenvalue weighted by molar-refractivity contribution is 0.102. The molecule has 4 unspecified atom stereocenters. The Morgan fingerprint density at radius 3 is 0.977 bits per heavy atom. The second kappa shape index (κ2) is 11.6. The number of rotatable bonds is 12. The molecule has 2 aliphatic rings. The summed E-state index contributed by atoms with van der Waals surface area (Å²) in [5, 5.41) is 39.3. The zero-order valence-corrected chi connectivity index (χ0v) is 24.4. The van der Waals surface area contributed by atoms with Gasteiger partial charge in [-0.2, -0.15) is 0 Å². The molecule has 2 heterocycles. The van der Waals surface area contributed by atoms with Gasteiger partial charge in [0.25, 0.3) is 0 Å². The normalized spacial score (nSPS) is 21.4. The summed E-state index contributed by atoms with van der Waals surface area (Å²) in [7, 11) is 0. The number of phenolic OH excluding ortho intramolecular Hbond substituents is 4. The summed E-state index contributed by atoms with van der Waals surface area (Å²) in [6, 6.07) is 29.1. The molecule has 43 heavy (non-hydrogen) atoms. The fourth-order valence-corrected chi connectivity index (χ4v) is 6.24. The SMILES string of the molecule is CC(CC1OC1COCC1OC1CC(C)(c1ccc(O)cc1)c1ccc(O)cc1)(c1ccc(O)cc1)c1ccc(O)cc1. The Labute approximate surface area is 251 Å². The molecule has 2 saturated heterocycles. The third kappa shape index (κ3) is 6.34. The third-order valence-electron chi connectivity index (χ3n) is 9.18. The van der Waals surface area contributed by atoms with Crippen molar-refractivity contribution in [3.8, 4) is 23.0 Å². The van der Waals surface area contributed by atoms with E-state index in [9.17, 15) is 20.4 Å². The van der Waals surface area contributed by atoms with Crippen LogP contribution in [-0.4, -0.2) is 58.1 Å². The molecule has 4 atom stereocenters. The van der Waals surface area contributed by atoms with Crippen LogP contribution < -0.4 is 0 Å². The van der Waals surface area contributed by atoms with Gasteiger partial charge in [-0.25, -0.2) is 0 Å². The summed E-state index contributed by atoms with van der Waals surface area (Å²) < 4.78 is 18.2. The first-order chi connectivity index (χ1) is 20.6. The Hall–Kier alpha value is -4.04. The van der Waals surface area contributed by atoms with E-state index in [0.29, 0.717) is 13.2 Å². The van der Waals surface area contributed by atoms with Crippen LogP contribution in [0.3, 0.4) is 0 Å². The summed E-state index contributed by atoms with van der Waals surface area (Å²) in [4.78, 5) is 0. The molecule has 4 aromatic rings. The van der Waals surface area contributed by atoms with E-state index in [0.717, 1.165) is 35.1 Å². The molecule has 224 valence electrons. The van der Waals surface area contributed by atoms with Gasteiger partial charge in [0, 0.05) is 10.8 Å². The van der Waals surface area contributed by atoms with Crippen molar-refractivity contribution in [1.82, 2.24) is 0 Å². The van der Waals surface area contributed by atoms with Crippen molar-refractivity contribution in [3.63, 3.8) is 0 Å². The fourth-order valence-electron chi connectivity index (χ4n) is 6.24. The van der Waals surface area contributed by atoms with Gasteiger partial charge < -0.3 is 34.6 Å². The van der Waals surface area contributed by atoms with Crippen molar-refractivity contribution >= 4 is 0 Å². The van der Waals surface area contributed by atoms with Gasteiger partial charge in [-0.05, 0) is 83.6 Å². The summed E-state index contributed by atoms with van der Waals surface area (Å²) in [6.45, 7) is 5.28. The molecular formula is C36H38O7. The minimum absolute atomic E-state index is 0.00925. The Morgan fingerprint density at radius 1 is 0.465 bits per heavy atom.